The van der Waals surface area contributed by atoms with Gasteiger partial charge in [0.05, 0.1) is 5.02 Å². The molecule has 2 heterocycles. The van der Waals surface area contributed by atoms with Gasteiger partial charge in [-0.25, -0.2) is 4.98 Å². The number of oxime groups is 1. The van der Waals surface area contributed by atoms with Crippen LogP contribution in [0.15, 0.2) is 51.7 Å². The Morgan fingerprint density at radius 2 is 2.00 bits per heavy atom. The molecule has 2 aromatic rings. The van der Waals surface area contributed by atoms with Crippen LogP contribution in [0.25, 0.3) is 0 Å². The van der Waals surface area contributed by atoms with Gasteiger partial charge in [0.15, 0.2) is 5.84 Å². The molecule has 92 valence electrons. The summed E-state index contributed by atoms with van der Waals surface area (Å²) in [6, 6.07) is 7.06. The minimum absolute atomic E-state index is 0.0508. The summed E-state index contributed by atoms with van der Waals surface area (Å²) in [4.78, 5) is 8.94. The lowest BCUT2D eigenvalue weighted by Crippen LogP contribution is -2.16. The van der Waals surface area contributed by atoms with Crippen LogP contribution < -0.4 is 5.73 Å². The number of rotatable bonds is 3. The highest BCUT2D eigenvalue weighted by molar-refractivity contribution is 7.99. The molecule has 7 heteroatoms. The van der Waals surface area contributed by atoms with Gasteiger partial charge < -0.3 is 10.9 Å². The molecule has 0 aliphatic carbocycles. The highest BCUT2D eigenvalue weighted by atomic mass is 35.5. The van der Waals surface area contributed by atoms with Gasteiger partial charge >= 0.3 is 0 Å². The van der Waals surface area contributed by atoms with Gasteiger partial charge in [-0.1, -0.05) is 28.5 Å². The van der Waals surface area contributed by atoms with E-state index in [2.05, 4.69) is 15.1 Å². The van der Waals surface area contributed by atoms with Gasteiger partial charge in [0.2, 0.25) is 0 Å². The molecule has 0 aliphatic heterocycles. The summed E-state index contributed by atoms with van der Waals surface area (Å²) in [5, 5.41) is 12.8. The van der Waals surface area contributed by atoms with Crippen LogP contribution in [0.1, 0.15) is 5.69 Å². The third kappa shape index (κ3) is 2.72. The molecule has 0 saturated heterocycles. The van der Waals surface area contributed by atoms with Crippen molar-refractivity contribution >= 4 is 29.2 Å². The second kappa shape index (κ2) is 5.70. The Morgan fingerprint density at radius 1 is 1.28 bits per heavy atom. The predicted molar refractivity (Wildman–Crippen MR) is 70.1 cm³/mol. The van der Waals surface area contributed by atoms with Crippen molar-refractivity contribution in [3.05, 3.63) is 47.4 Å². The molecule has 0 unspecified atom stereocenters. The van der Waals surface area contributed by atoms with E-state index in [1.54, 1.807) is 36.7 Å². The molecule has 0 fully saturated rings. The predicted octanol–water partition coefficient (Wildman–Crippen LogP) is 2.38. The van der Waals surface area contributed by atoms with E-state index in [1.165, 1.54) is 11.8 Å². The van der Waals surface area contributed by atoms with Crippen molar-refractivity contribution in [1.29, 1.82) is 0 Å². The Bertz CT molecular complexity index is 591. The topological polar surface area (TPSA) is 84.4 Å². The second-order valence-electron chi connectivity index (χ2n) is 3.23. The summed E-state index contributed by atoms with van der Waals surface area (Å²) in [6.07, 6.45) is 3.21. The number of amidine groups is 1. The molecule has 2 aromatic heterocycles. The summed E-state index contributed by atoms with van der Waals surface area (Å²) < 4.78 is 0. The molecule has 0 aromatic carbocycles. The van der Waals surface area contributed by atoms with Gasteiger partial charge in [-0.15, -0.1) is 0 Å². The Labute approximate surface area is 113 Å². The van der Waals surface area contributed by atoms with E-state index in [0.29, 0.717) is 20.6 Å². The number of halogens is 1. The van der Waals surface area contributed by atoms with Crippen molar-refractivity contribution < 1.29 is 5.21 Å². The summed E-state index contributed by atoms with van der Waals surface area (Å²) in [5.41, 5.74) is 5.95. The molecule has 0 aliphatic rings. The maximum atomic E-state index is 8.71. The monoisotopic (exact) mass is 280 g/mol. The molecule has 2 rings (SSSR count). The van der Waals surface area contributed by atoms with Crippen molar-refractivity contribution in [2.45, 2.75) is 9.92 Å². The first kappa shape index (κ1) is 12.7. The van der Waals surface area contributed by atoms with Gasteiger partial charge in [-0.2, -0.15) is 0 Å². The number of hydrogen-bond acceptors (Lipinski definition) is 5. The second-order valence-corrected chi connectivity index (χ2v) is 4.67. The smallest absolute Gasteiger partial charge is 0.189 e. The average molecular weight is 281 g/mol. The van der Waals surface area contributed by atoms with Crippen molar-refractivity contribution in [2.75, 3.05) is 0 Å². The van der Waals surface area contributed by atoms with Crippen LogP contribution >= 0.6 is 23.4 Å². The van der Waals surface area contributed by atoms with E-state index < -0.39 is 0 Å². The van der Waals surface area contributed by atoms with E-state index >= 15 is 0 Å². The zero-order valence-electron chi connectivity index (χ0n) is 9.12. The lowest BCUT2D eigenvalue weighted by atomic mass is 10.3. The van der Waals surface area contributed by atoms with Gasteiger partial charge in [0, 0.05) is 17.3 Å². The highest BCUT2D eigenvalue weighted by Gasteiger charge is 2.11. The van der Waals surface area contributed by atoms with Crippen LogP contribution in [0, 0.1) is 0 Å². The molecule has 0 radical (unpaired) electrons. The largest absolute Gasteiger partial charge is 0.409 e. The molecule has 18 heavy (non-hydrogen) atoms. The zero-order valence-corrected chi connectivity index (χ0v) is 10.7. The van der Waals surface area contributed by atoms with Crippen molar-refractivity contribution in [3.8, 4) is 0 Å². The van der Waals surface area contributed by atoms with Gasteiger partial charge in [0.25, 0.3) is 0 Å². The number of nitrogens with two attached hydrogens (primary N) is 1. The summed E-state index contributed by atoms with van der Waals surface area (Å²) in [6.45, 7) is 0. The van der Waals surface area contributed by atoms with Crippen LogP contribution in [0.4, 0.5) is 0 Å². The fraction of sp³-hybridized carbons (Fsp3) is 0. The first-order chi connectivity index (χ1) is 8.72. The van der Waals surface area contributed by atoms with E-state index in [9.17, 15) is 0 Å². The van der Waals surface area contributed by atoms with Crippen molar-refractivity contribution in [1.82, 2.24) is 9.97 Å². The lowest BCUT2D eigenvalue weighted by molar-refractivity contribution is 0.318. The van der Waals surface area contributed by atoms with Crippen LogP contribution in [-0.4, -0.2) is 21.0 Å². The van der Waals surface area contributed by atoms with Crippen LogP contribution in [0.3, 0.4) is 0 Å². The SMILES string of the molecule is N/C(=N/O)c1ncccc1Sc1ncccc1Cl. The quantitative estimate of drug-likeness (QED) is 0.390. The van der Waals surface area contributed by atoms with Crippen LogP contribution in [-0.2, 0) is 0 Å². The molecule has 0 spiro atoms. The van der Waals surface area contributed by atoms with Crippen molar-refractivity contribution in [2.24, 2.45) is 10.9 Å². The number of aromatic nitrogens is 2. The highest BCUT2D eigenvalue weighted by Crippen LogP contribution is 2.32. The number of pyridine rings is 2. The van der Waals surface area contributed by atoms with E-state index in [1.807, 2.05) is 0 Å². The van der Waals surface area contributed by atoms with E-state index in [4.69, 9.17) is 22.5 Å². The molecule has 3 N–H and O–H groups in total. The Hall–Kier alpha value is -1.79. The first-order valence-electron chi connectivity index (χ1n) is 4.93. The standard InChI is InChI=1S/C11H9ClN4OS/c12-7-3-1-6-15-11(7)18-8-4-2-5-14-9(8)10(13)16-17/h1-6,17H,(H2,13,16). The molecule has 0 saturated carbocycles. The number of nitrogens with zero attached hydrogens (tertiary/aromatic N) is 3. The molecular formula is C11H9ClN4OS. The molecule has 0 amide bonds. The minimum Gasteiger partial charge on any atom is -0.409 e. The molecule has 0 atom stereocenters. The van der Waals surface area contributed by atoms with Gasteiger partial charge in [-0.05, 0) is 24.3 Å². The lowest BCUT2D eigenvalue weighted by Gasteiger charge is -2.06. The maximum Gasteiger partial charge on any atom is 0.189 e. The zero-order chi connectivity index (χ0) is 13.0. The summed E-state index contributed by atoms with van der Waals surface area (Å²) in [5.74, 6) is -0.0508. The fourth-order valence-corrected chi connectivity index (χ4v) is 2.39. The van der Waals surface area contributed by atoms with Gasteiger partial charge in [-0.3, -0.25) is 4.98 Å². The number of hydrogen-bond donors (Lipinski definition) is 2. The summed E-state index contributed by atoms with van der Waals surface area (Å²) in [7, 11) is 0. The summed E-state index contributed by atoms with van der Waals surface area (Å²) >= 11 is 7.33. The third-order valence-corrected chi connectivity index (χ3v) is 3.54. The van der Waals surface area contributed by atoms with Crippen LogP contribution in [0.5, 0.6) is 0 Å². The molecule has 5 nitrogen and oxygen atoms in total. The minimum atomic E-state index is -0.0508. The Morgan fingerprint density at radius 3 is 2.72 bits per heavy atom. The van der Waals surface area contributed by atoms with Crippen LogP contribution in [0.2, 0.25) is 5.02 Å². The normalized spacial score (nSPS) is 11.5. The fourth-order valence-electron chi connectivity index (χ4n) is 1.26. The first-order valence-corrected chi connectivity index (χ1v) is 6.13. The Balaban J connectivity index is 2.38. The molecular weight excluding hydrogens is 272 g/mol. The van der Waals surface area contributed by atoms with E-state index in [-0.39, 0.29) is 5.84 Å². The Kier molecular flexibility index (Phi) is 4.01. The van der Waals surface area contributed by atoms with Gasteiger partial charge in [0.1, 0.15) is 10.7 Å². The average Bonchev–Trinajstić information content (AvgIpc) is 2.41. The van der Waals surface area contributed by atoms with E-state index in [0.717, 1.165) is 0 Å². The maximum absolute atomic E-state index is 8.71. The van der Waals surface area contributed by atoms with Crippen molar-refractivity contribution in [3.63, 3.8) is 0 Å². The molecule has 0 bridgehead atoms. The third-order valence-electron chi connectivity index (χ3n) is 2.05.